The zero-order valence-corrected chi connectivity index (χ0v) is 23.1. The molecule has 0 spiro atoms. The molecule has 0 aliphatic carbocycles. The van der Waals surface area contributed by atoms with Gasteiger partial charge in [-0.1, -0.05) is 11.6 Å². The van der Waals surface area contributed by atoms with Gasteiger partial charge in [0.25, 0.3) is 0 Å². The van der Waals surface area contributed by atoms with Crippen LogP contribution >= 0.6 is 0 Å². The molecule has 0 fully saturated rings. The third-order valence-corrected chi connectivity index (χ3v) is 6.27. The molecule has 5 rings (SSSR count). The lowest BCUT2D eigenvalue weighted by Crippen LogP contribution is -2.04. The van der Waals surface area contributed by atoms with Crippen molar-refractivity contribution in [3.63, 3.8) is 0 Å². The van der Waals surface area contributed by atoms with Gasteiger partial charge >= 0.3 is 0 Å². The Morgan fingerprint density at radius 3 is 2.17 bits per heavy atom. The number of phenols is 5. The second kappa shape index (κ2) is 11.5. The molecule has 2 aromatic heterocycles. The molecule has 11 nitrogen and oxygen atoms in total. The van der Waals surface area contributed by atoms with E-state index in [0.717, 1.165) is 35.4 Å². The van der Waals surface area contributed by atoms with Gasteiger partial charge in [0.05, 0.1) is 7.11 Å². The van der Waals surface area contributed by atoms with E-state index < -0.39 is 22.7 Å². The summed E-state index contributed by atoms with van der Waals surface area (Å²) in [6, 6.07) is 8.48. The third kappa shape index (κ3) is 5.66. The van der Waals surface area contributed by atoms with Gasteiger partial charge in [-0.3, -0.25) is 9.59 Å². The van der Waals surface area contributed by atoms with Gasteiger partial charge in [-0.25, -0.2) is 0 Å². The van der Waals surface area contributed by atoms with E-state index in [1.54, 1.807) is 6.92 Å². The van der Waals surface area contributed by atoms with Crippen LogP contribution in [0.5, 0.6) is 40.2 Å². The summed E-state index contributed by atoms with van der Waals surface area (Å²) in [5.41, 5.74) is 1.18. The smallest absolute Gasteiger partial charge is 0.238 e. The Hall–Kier alpha value is -5.58. The van der Waals surface area contributed by atoms with Gasteiger partial charge < -0.3 is 44.2 Å². The molecule has 0 saturated heterocycles. The standard InChI is InChI=1S/C16H18O4.C15H10O7/c1-9(2)5-6-11-14(19-4)8-13(18)15-12(17)7-10(3)20-16(11)15;16-7-4-10(19)12-11(5-7)22-15(14(21)13(12)20)6-1-2-8(17)9(18)3-6/h5,7-8,18H,6H2,1-4H3;1-5,16-19,21H. The van der Waals surface area contributed by atoms with Crippen LogP contribution < -0.4 is 15.6 Å². The van der Waals surface area contributed by atoms with Crippen molar-refractivity contribution in [1.29, 1.82) is 0 Å². The van der Waals surface area contributed by atoms with Crippen molar-refractivity contribution >= 4 is 21.9 Å². The van der Waals surface area contributed by atoms with Crippen LogP contribution in [0.25, 0.3) is 33.3 Å². The molecule has 11 heteroatoms. The number of ether oxygens (including phenoxy) is 1. The zero-order valence-electron chi connectivity index (χ0n) is 23.1. The number of phenolic OH excluding ortho intramolecular Hbond substituents is 5. The summed E-state index contributed by atoms with van der Waals surface area (Å²) < 4.78 is 16.3. The summed E-state index contributed by atoms with van der Waals surface area (Å²) in [5.74, 6) is -1.81. The summed E-state index contributed by atoms with van der Waals surface area (Å²) in [7, 11) is 1.53. The average molecular weight is 577 g/mol. The predicted molar refractivity (Wildman–Crippen MR) is 155 cm³/mol. The van der Waals surface area contributed by atoms with Crippen molar-refractivity contribution in [2.75, 3.05) is 7.11 Å². The minimum atomic E-state index is -0.888. The van der Waals surface area contributed by atoms with Crippen molar-refractivity contribution in [3.8, 4) is 51.6 Å². The first kappa shape index (κ1) is 29.4. The first-order valence-electron chi connectivity index (χ1n) is 12.5. The maximum absolute atomic E-state index is 12.1. The normalized spacial score (nSPS) is 10.8. The highest BCUT2D eigenvalue weighted by Crippen LogP contribution is 2.38. The Morgan fingerprint density at radius 2 is 1.52 bits per heavy atom. The number of fused-ring (bicyclic) bond motifs is 2. The Balaban J connectivity index is 0.000000194. The molecule has 0 saturated carbocycles. The van der Waals surface area contributed by atoms with E-state index in [4.69, 9.17) is 13.6 Å². The second-order valence-electron chi connectivity index (χ2n) is 9.64. The zero-order chi connectivity index (χ0) is 30.9. The molecule has 218 valence electrons. The second-order valence-corrected chi connectivity index (χ2v) is 9.64. The monoisotopic (exact) mass is 576 g/mol. The van der Waals surface area contributed by atoms with Crippen molar-refractivity contribution in [2.45, 2.75) is 27.2 Å². The maximum atomic E-state index is 12.1. The summed E-state index contributed by atoms with van der Waals surface area (Å²) in [6.45, 7) is 5.70. The Bertz CT molecular complexity index is 1980. The van der Waals surface area contributed by atoms with Crippen LogP contribution in [-0.4, -0.2) is 37.7 Å². The first-order chi connectivity index (χ1) is 19.8. The molecule has 0 amide bonds. The molecule has 42 heavy (non-hydrogen) atoms. The lowest BCUT2D eigenvalue weighted by Gasteiger charge is -2.11. The summed E-state index contributed by atoms with van der Waals surface area (Å²) in [5, 5.41) is 57.8. The Morgan fingerprint density at radius 1 is 0.833 bits per heavy atom. The van der Waals surface area contributed by atoms with Gasteiger partial charge in [0.2, 0.25) is 11.2 Å². The van der Waals surface area contributed by atoms with Crippen LogP contribution in [-0.2, 0) is 6.42 Å². The lowest BCUT2D eigenvalue weighted by molar-refractivity contribution is 0.403. The minimum absolute atomic E-state index is 0.119. The van der Waals surface area contributed by atoms with Crippen LogP contribution in [0.3, 0.4) is 0 Å². The molecule has 5 aromatic rings. The van der Waals surface area contributed by atoms with Gasteiger partial charge in [-0.2, -0.15) is 0 Å². The van der Waals surface area contributed by atoms with E-state index >= 15 is 0 Å². The number of hydrogen-bond acceptors (Lipinski definition) is 11. The summed E-state index contributed by atoms with van der Waals surface area (Å²) >= 11 is 0. The van der Waals surface area contributed by atoms with Crippen LogP contribution in [0.15, 0.2) is 72.5 Å². The van der Waals surface area contributed by atoms with Gasteiger partial charge in [-0.15, -0.1) is 0 Å². The van der Waals surface area contributed by atoms with Crippen LogP contribution in [0, 0.1) is 6.92 Å². The molecule has 0 unspecified atom stereocenters. The average Bonchev–Trinajstić information content (AvgIpc) is 2.91. The van der Waals surface area contributed by atoms with Gasteiger partial charge in [0, 0.05) is 35.4 Å². The fourth-order valence-electron chi connectivity index (χ4n) is 4.28. The van der Waals surface area contributed by atoms with Crippen LogP contribution in [0.1, 0.15) is 25.2 Å². The maximum Gasteiger partial charge on any atom is 0.238 e. The quantitative estimate of drug-likeness (QED) is 0.120. The molecule has 0 bridgehead atoms. The molecule has 0 aliphatic heterocycles. The van der Waals surface area contributed by atoms with Crippen molar-refractivity contribution < 1.29 is 44.2 Å². The minimum Gasteiger partial charge on any atom is -0.508 e. The van der Waals surface area contributed by atoms with Crippen molar-refractivity contribution in [1.82, 2.24) is 0 Å². The molecule has 0 atom stereocenters. The molecule has 0 radical (unpaired) electrons. The molecule has 3 aromatic carbocycles. The van der Waals surface area contributed by atoms with Crippen LogP contribution in [0.4, 0.5) is 0 Å². The third-order valence-electron chi connectivity index (χ3n) is 6.27. The molecule has 6 N–H and O–H groups in total. The molecular formula is C31H28O11. The Kier molecular flexibility index (Phi) is 8.05. The highest BCUT2D eigenvalue weighted by atomic mass is 16.5. The topological polar surface area (TPSA) is 191 Å². The van der Waals surface area contributed by atoms with Crippen molar-refractivity contribution in [3.05, 3.63) is 85.9 Å². The highest BCUT2D eigenvalue weighted by molar-refractivity contribution is 5.89. The van der Waals surface area contributed by atoms with E-state index in [2.05, 4.69) is 0 Å². The summed E-state index contributed by atoms with van der Waals surface area (Å²) in [4.78, 5) is 24.2. The number of allylic oxidation sites excluding steroid dienone is 2. The van der Waals surface area contributed by atoms with E-state index in [9.17, 15) is 40.2 Å². The van der Waals surface area contributed by atoms with E-state index in [0.29, 0.717) is 23.5 Å². The predicted octanol–water partition coefficient (Wildman–Crippen LogP) is 5.31. The van der Waals surface area contributed by atoms with Crippen LogP contribution in [0.2, 0.25) is 0 Å². The van der Waals surface area contributed by atoms with E-state index in [1.807, 2.05) is 19.9 Å². The Labute approximate surface area is 238 Å². The SMILES string of the molecule is COc1cc(O)c2c(=O)cc(C)oc2c1CC=C(C)C.O=c1c(O)c(-c2ccc(O)c(O)c2)oc2cc(O)cc(O)c12. The summed E-state index contributed by atoms with van der Waals surface area (Å²) in [6.07, 6.45) is 2.60. The fraction of sp³-hybridized carbons (Fsp3) is 0.161. The van der Waals surface area contributed by atoms with Gasteiger partial charge in [0.15, 0.2) is 22.7 Å². The number of benzene rings is 3. The van der Waals surface area contributed by atoms with E-state index in [1.165, 1.54) is 25.3 Å². The molecular weight excluding hydrogens is 548 g/mol. The first-order valence-corrected chi connectivity index (χ1v) is 12.5. The fourth-order valence-corrected chi connectivity index (χ4v) is 4.28. The molecule has 2 heterocycles. The van der Waals surface area contributed by atoms with Gasteiger partial charge in [-0.05, 0) is 45.4 Å². The number of aryl methyl sites for hydroxylation is 1. The number of rotatable bonds is 4. The van der Waals surface area contributed by atoms with Gasteiger partial charge in [0.1, 0.15) is 50.7 Å². The molecule has 0 aliphatic rings. The number of hydrogen-bond donors (Lipinski definition) is 6. The van der Waals surface area contributed by atoms with Crippen molar-refractivity contribution in [2.24, 2.45) is 0 Å². The number of methoxy groups -OCH3 is 1. The van der Waals surface area contributed by atoms with E-state index in [-0.39, 0.29) is 50.4 Å². The number of aromatic hydroxyl groups is 6. The highest BCUT2D eigenvalue weighted by Gasteiger charge is 2.20. The lowest BCUT2D eigenvalue weighted by atomic mass is 10.0. The largest absolute Gasteiger partial charge is 0.508 e.